The third-order valence-electron chi connectivity index (χ3n) is 4.21. The third kappa shape index (κ3) is 4.20. The zero-order valence-corrected chi connectivity index (χ0v) is 13.0. The lowest BCUT2D eigenvalue weighted by molar-refractivity contribution is 0.0976. The molecular weight excluding hydrogens is 248 g/mol. The van der Waals surface area contributed by atoms with Gasteiger partial charge in [-0.25, -0.2) is 0 Å². The molecule has 1 aliphatic heterocycles. The van der Waals surface area contributed by atoms with Crippen LogP contribution in [0.5, 0.6) is 0 Å². The van der Waals surface area contributed by atoms with Gasteiger partial charge in [0.05, 0.1) is 0 Å². The van der Waals surface area contributed by atoms with Gasteiger partial charge in [0.15, 0.2) is 0 Å². The van der Waals surface area contributed by atoms with E-state index in [-0.39, 0.29) is 0 Å². The summed E-state index contributed by atoms with van der Waals surface area (Å²) in [5.41, 5.74) is 8.07. The zero-order chi connectivity index (χ0) is 14.5. The molecule has 2 rings (SSSR count). The van der Waals surface area contributed by atoms with Gasteiger partial charge >= 0.3 is 0 Å². The SMILES string of the molecule is CC(c1cccc(N)c1)N1CCN(CCN(C)C)CC1. The van der Waals surface area contributed by atoms with Crippen molar-refractivity contribution in [2.75, 3.05) is 59.1 Å². The first kappa shape index (κ1) is 15.3. The first-order valence-electron chi connectivity index (χ1n) is 7.53. The number of nitrogens with two attached hydrogens (primary N) is 1. The summed E-state index contributed by atoms with van der Waals surface area (Å²) in [5, 5.41) is 0. The van der Waals surface area contributed by atoms with Gasteiger partial charge in [-0.3, -0.25) is 9.80 Å². The first-order chi connectivity index (χ1) is 9.56. The Morgan fingerprint density at radius 1 is 1.20 bits per heavy atom. The summed E-state index contributed by atoms with van der Waals surface area (Å²) in [4.78, 5) is 7.37. The average Bonchev–Trinajstić information content (AvgIpc) is 2.45. The van der Waals surface area contributed by atoms with Crippen molar-refractivity contribution in [1.82, 2.24) is 14.7 Å². The van der Waals surface area contributed by atoms with Crippen LogP contribution in [0, 0.1) is 0 Å². The van der Waals surface area contributed by atoms with Gasteiger partial charge in [-0.1, -0.05) is 12.1 Å². The molecule has 1 heterocycles. The highest BCUT2D eigenvalue weighted by Crippen LogP contribution is 2.23. The lowest BCUT2D eigenvalue weighted by Crippen LogP contribution is -2.48. The van der Waals surface area contributed by atoms with Gasteiger partial charge < -0.3 is 10.6 Å². The van der Waals surface area contributed by atoms with Crippen molar-refractivity contribution in [2.45, 2.75) is 13.0 Å². The Morgan fingerprint density at radius 2 is 1.90 bits per heavy atom. The Balaban J connectivity index is 1.84. The minimum Gasteiger partial charge on any atom is -0.399 e. The molecule has 0 aromatic heterocycles. The Morgan fingerprint density at radius 3 is 2.50 bits per heavy atom. The van der Waals surface area contributed by atoms with Crippen molar-refractivity contribution in [3.05, 3.63) is 29.8 Å². The van der Waals surface area contributed by atoms with Gasteiger partial charge in [0, 0.05) is 51.0 Å². The predicted molar refractivity (Wildman–Crippen MR) is 85.8 cm³/mol. The molecule has 1 aliphatic rings. The van der Waals surface area contributed by atoms with Crippen LogP contribution in [-0.4, -0.2) is 68.1 Å². The van der Waals surface area contributed by atoms with Gasteiger partial charge in [0.2, 0.25) is 0 Å². The molecule has 112 valence electrons. The molecule has 1 aromatic rings. The number of hydrogen-bond donors (Lipinski definition) is 1. The van der Waals surface area contributed by atoms with Gasteiger partial charge in [-0.15, -0.1) is 0 Å². The molecule has 0 bridgehead atoms. The number of likely N-dealkylation sites (N-methyl/N-ethyl adjacent to an activating group) is 1. The maximum absolute atomic E-state index is 5.88. The highest BCUT2D eigenvalue weighted by Gasteiger charge is 2.21. The van der Waals surface area contributed by atoms with E-state index in [1.165, 1.54) is 25.2 Å². The number of benzene rings is 1. The fourth-order valence-corrected chi connectivity index (χ4v) is 2.75. The normalized spacial score (nSPS) is 19.4. The predicted octanol–water partition coefficient (Wildman–Crippen LogP) is 1.51. The number of piperazine rings is 1. The summed E-state index contributed by atoms with van der Waals surface area (Å²) in [5.74, 6) is 0. The summed E-state index contributed by atoms with van der Waals surface area (Å²) >= 11 is 0. The van der Waals surface area contributed by atoms with E-state index in [4.69, 9.17) is 5.73 Å². The second kappa shape index (κ2) is 7.07. The number of nitrogens with zero attached hydrogens (tertiary/aromatic N) is 3. The maximum Gasteiger partial charge on any atom is 0.0321 e. The fourth-order valence-electron chi connectivity index (χ4n) is 2.75. The van der Waals surface area contributed by atoms with Crippen LogP contribution in [-0.2, 0) is 0 Å². The molecule has 0 spiro atoms. The Hall–Kier alpha value is -1.10. The van der Waals surface area contributed by atoms with Crippen molar-refractivity contribution in [3.63, 3.8) is 0 Å². The topological polar surface area (TPSA) is 35.7 Å². The van der Waals surface area contributed by atoms with E-state index in [1.54, 1.807) is 0 Å². The largest absolute Gasteiger partial charge is 0.399 e. The van der Waals surface area contributed by atoms with E-state index in [2.05, 4.69) is 53.9 Å². The van der Waals surface area contributed by atoms with Gasteiger partial charge in [-0.2, -0.15) is 0 Å². The van der Waals surface area contributed by atoms with Crippen molar-refractivity contribution in [2.24, 2.45) is 0 Å². The molecule has 4 nitrogen and oxygen atoms in total. The van der Waals surface area contributed by atoms with Gasteiger partial charge in [0.25, 0.3) is 0 Å². The van der Waals surface area contributed by atoms with Crippen LogP contribution in [0.1, 0.15) is 18.5 Å². The van der Waals surface area contributed by atoms with E-state index >= 15 is 0 Å². The van der Waals surface area contributed by atoms with Crippen LogP contribution in [0.25, 0.3) is 0 Å². The summed E-state index contributed by atoms with van der Waals surface area (Å²) in [6.45, 7) is 9.22. The molecule has 4 heteroatoms. The highest BCUT2D eigenvalue weighted by atomic mass is 15.3. The fraction of sp³-hybridized carbons (Fsp3) is 0.625. The van der Waals surface area contributed by atoms with E-state index < -0.39 is 0 Å². The minimum absolute atomic E-state index is 0.453. The molecule has 20 heavy (non-hydrogen) atoms. The molecule has 2 N–H and O–H groups in total. The van der Waals surface area contributed by atoms with Crippen molar-refractivity contribution in [1.29, 1.82) is 0 Å². The molecule has 1 atom stereocenters. The minimum atomic E-state index is 0.453. The van der Waals surface area contributed by atoms with Gasteiger partial charge in [-0.05, 0) is 38.7 Å². The summed E-state index contributed by atoms with van der Waals surface area (Å²) in [6, 6.07) is 8.74. The molecule has 0 radical (unpaired) electrons. The van der Waals surface area contributed by atoms with E-state index in [1.807, 2.05) is 6.07 Å². The average molecular weight is 276 g/mol. The van der Waals surface area contributed by atoms with Crippen LogP contribution in [0.2, 0.25) is 0 Å². The standard InChI is InChI=1S/C16H28N4/c1-14(15-5-4-6-16(17)13-15)20-11-9-19(10-12-20)8-7-18(2)3/h4-6,13-14H,7-12,17H2,1-3H3. The summed E-state index contributed by atoms with van der Waals surface area (Å²) < 4.78 is 0. The van der Waals surface area contributed by atoms with Crippen LogP contribution < -0.4 is 5.73 Å². The molecule has 1 fully saturated rings. The first-order valence-corrected chi connectivity index (χ1v) is 7.53. The number of anilines is 1. The zero-order valence-electron chi connectivity index (χ0n) is 13.0. The lowest BCUT2D eigenvalue weighted by Gasteiger charge is -2.38. The Labute approximate surface area is 123 Å². The van der Waals surface area contributed by atoms with Crippen LogP contribution in [0.15, 0.2) is 24.3 Å². The number of nitrogen functional groups attached to an aromatic ring is 1. The smallest absolute Gasteiger partial charge is 0.0321 e. The quantitative estimate of drug-likeness (QED) is 0.827. The second-order valence-corrected chi connectivity index (χ2v) is 6.03. The number of rotatable bonds is 5. The monoisotopic (exact) mass is 276 g/mol. The van der Waals surface area contributed by atoms with Gasteiger partial charge in [0.1, 0.15) is 0 Å². The molecule has 0 saturated carbocycles. The van der Waals surface area contributed by atoms with Crippen LogP contribution in [0.3, 0.4) is 0 Å². The number of hydrogen-bond acceptors (Lipinski definition) is 4. The Kier molecular flexibility index (Phi) is 5.40. The molecule has 1 saturated heterocycles. The molecule has 1 unspecified atom stereocenters. The summed E-state index contributed by atoms with van der Waals surface area (Å²) in [6.07, 6.45) is 0. The lowest BCUT2D eigenvalue weighted by atomic mass is 10.1. The third-order valence-corrected chi connectivity index (χ3v) is 4.21. The second-order valence-electron chi connectivity index (χ2n) is 6.03. The highest BCUT2D eigenvalue weighted by molar-refractivity contribution is 5.41. The van der Waals surface area contributed by atoms with Crippen molar-refractivity contribution in [3.8, 4) is 0 Å². The maximum atomic E-state index is 5.88. The van der Waals surface area contributed by atoms with E-state index in [0.29, 0.717) is 6.04 Å². The van der Waals surface area contributed by atoms with E-state index in [9.17, 15) is 0 Å². The molecular formula is C16H28N4. The van der Waals surface area contributed by atoms with Crippen molar-refractivity contribution < 1.29 is 0 Å². The molecule has 0 amide bonds. The molecule has 1 aromatic carbocycles. The van der Waals surface area contributed by atoms with Crippen LogP contribution in [0.4, 0.5) is 5.69 Å². The van der Waals surface area contributed by atoms with Crippen molar-refractivity contribution >= 4 is 5.69 Å². The summed E-state index contributed by atoms with van der Waals surface area (Å²) in [7, 11) is 4.27. The Bertz CT molecular complexity index is 411. The molecule has 0 aliphatic carbocycles. The van der Waals surface area contributed by atoms with Crippen LogP contribution >= 0.6 is 0 Å². The van der Waals surface area contributed by atoms with E-state index in [0.717, 1.165) is 25.3 Å².